The van der Waals surface area contributed by atoms with Crippen molar-refractivity contribution in [2.24, 2.45) is 0 Å². The molecule has 0 radical (unpaired) electrons. The van der Waals surface area contributed by atoms with Gasteiger partial charge in [-0.25, -0.2) is 4.98 Å². The van der Waals surface area contributed by atoms with Gasteiger partial charge >= 0.3 is 0 Å². The molecule has 1 rings (SSSR count). The minimum absolute atomic E-state index is 0.705. The summed E-state index contributed by atoms with van der Waals surface area (Å²) in [6, 6.07) is 2.10. The third-order valence-electron chi connectivity index (χ3n) is 1.66. The van der Waals surface area contributed by atoms with Crippen molar-refractivity contribution >= 4 is 21.7 Å². The third kappa shape index (κ3) is 3.19. The van der Waals surface area contributed by atoms with Crippen LogP contribution in [0.5, 0.6) is 0 Å². The van der Waals surface area contributed by atoms with E-state index < -0.39 is 0 Å². The van der Waals surface area contributed by atoms with E-state index in [1.54, 1.807) is 0 Å². The predicted molar refractivity (Wildman–Crippen MR) is 60.3 cm³/mol. The monoisotopic (exact) mass is 240 g/mol. The van der Waals surface area contributed by atoms with Crippen LogP contribution < -0.4 is 5.32 Å². The fourth-order valence-corrected chi connectivity index (χ4v) is 1.22. The van der Waals surface area contributed by atoms with Gasteiger partial charge in [0.05, 0.1) is 0 Å². The standard InChI is InChI=1S/C10H13BrN2/c1-7-4-8(2)10(12-5-7)13-6-9(3)11/h4-5H,3,6H2,1-2H3,(H,12,13). The van der Waals surface area contributed by atoms with Gasteiger partial charge in [-0.15, -0.1) is 0 Å². The molecule has 1 N–H and O–H groups in total. The Morgan fingerprint density at radius 3 is 2.85 bits per heavy atom. The van der Waals surface area contributed by atoms with Crippen LogP contribution in [0, 0.1) is 13.8 Å². The average molecular weight is 241 g/mol. The van der Waals surface area contributed by atoms with Crippen molar-refractivity contribution in [2.45, 2.75) is 13.8 Å². The van der Waals surface area contributed by atoms with Crippen LogP contribution in [0.25, 0.3) is 0 Å². The molecule has 0 amide bonds. The van der Waals surface area contributed by atoms with Gasteiger partial charge in [0.1, 0.15) is 5.82 Å². The Bertz CT molecular complexity index is 321. The maximum absolute atomic E-state index is 4.28. The van der Waals surface area contributed by atoms with E-state index in [4.69, 9.17) is 0 Å². The molecule has 0 aliphatic rings. The Labute approximate surface area is 87.2 Å². The Morgan fingerprint density at radius 1 is 1.62 bits per heavy atom. The molecule has 2 nitrogen and oxygen atoms in total. The molecule has 13 heavy (non-hydrogen) atoms. The highest BCUT2D eigenvalue weighted by Gasteiger charge is 1.98. The number of halogens is 1. The fourth-order valence-electron chi connectivity index (χ4n) is 1.08. The quantitative estimate of drug-likeness (QED) is 0.879. The lowest BCUT2D eigenvalue weighted by molar-refractivity contribution is 1.17. The number of rotatable bonds is 3. The average Bonchev–Trinajstić information content (AvgIpc) is 2.02. The van der Waals surface area contributed by atoms with Gasteiger partial charge in [0, 0.05) is 17.2 Å². The molecular formula is C10H13BrN2. The van der Waals surface area contributed by atoms with Crippen molar-refractivity contribution in [3.63, 3.8) is 0 Å². The van der Waals surface area contributed by atoms with Crippen LogP contribution >= 0.6 is 15.9 Å². The third-order valence-corrected chi connectivity index (χ3v) is 1.94. The van der Waals surface area contributed by atoms with Crippen molar-refractivity contribution < 1.29 is 0 Å². The van der Waals surface area contributed by atoms with Gasteiger partial charge in [-0.3, -0.25) is 0 Å². The Kier molecular flexibility index (Phi) is 3.48. The predicted octanol–water partition coefficient (Wildman–Crippen LogP) is 3.02. The molecule has 0 aliphatic heterocycles. The highest BCUT2D eigenvalue weighted by Crippen LogP contribution is 2.13. The molecule has 0 bridgehead atoms. The topological polar surface area (TPSA) is 24.9 Å². The molecule has 1 aromatic heterocycles. The lowest BCUT2D eigenvalue weighted by Crippen LogP contribution is -2.04. The van der Waals surface area contributed by atoms with E-state index in [2.05, 4.69) is 38.9 Å². The van der Waals surface area contributed by atoms with Crippen LogP contribution in [-0.2, 0) is 0 Å². The molecule has 0 aliphatic carbocycles. The maximum atomic E-state index is 4.28. The van der Waals surface area contributed by atoms with E-state index in [9.17, 15) is 0 Å². The lowest BCUT2D eigenvalue weighted by atomic mass is 10.2. The smallest absolute Gasteiger partial charge is 0.129 e. The second kappa shape index (κ2) is 4.42. The van der Waals surface area contributed by atoms with Crippen LogP contribution in [0.2, 0.25) is 0 Å². The summed E-state index contributed by atoms with van der Waals surface area (Å²) in [6.07, 6.45) is 1.85. The van der Waals surface area contributed by atoms with Crippen molar-refractivity contribution in [1.29, 1.82) is 0 Å². The number of aromatic nitrogens is 1. The van der Waals surface area contributed by atoms with Gasteiger partial charge in [0.25, 0.3) is 0 Å². The molecule has 3 heteroatoms. The van der Waals surface area contributed by atoms with Crippen molar-refractivity contribution in [3.05, 3.63) is 34.5 Å². The molecule has 0 atom stereocenters. The summed E-state index contributed by atoms with van der Waals surface area (Å²) in [5.74, 6) is 0.922. The van der Waals surface area contributed by atoms with Crippen LogP contribution in [-0.4, -0.2) is 11.5 Å². The molecule has 0 unspecified atom stereocenters. The molecule has 0 saturated carbocycles. The molecule has 1 aromatic rings. The van der Waals surface area contributed by atoms with Crippen LogP contribution in [0.1, 0.15) is 11.1 Å². The summed E-state index contributed by atoms with van der Waals surface area (Å²) in [5.41, 5.74) is 2.34. The van der Waals surface area contributed by atoms with Crippen LogP contribution in [0.3, 0.4) is 0 Å². The van der Waals surface area contributed by atoms with Crippen molar-refractivity contribution in [2.75, 3.05) is 11.9 Å². The summed E-state index contributed by atoms with van der Waals surface area (Å²) < 4.78 is 0.925. The zero-order valence-electron chi connectivity index (χ0n) is 7.89. The second-order valence-corrected chi connectivity index (χ2v) is 4.17. The second-order valence-electron chi connectivity index (χ2n) is 3.05. The molecular weight excluding hydrogens is 228 g/mol. The van der Waals surface area contributed by atoms with E-state index >= 15 is 0 Å². The summed E-state index contributed by atoms with van der Waals surface area (Å²) in [7, 11) is 0. The lowest BCUT2D eigenvalue weighted by Gasteiger charge is -2.07. The van der Waals surface area contributed by atoms with Gasteiger partial charge in [-0.2, -0.15) is 0 Å². The van der Waals surface area contributed by atoms with Gasteiger partial charge in [0.2, 0.25) is 0 Å². The van der Waals surface area contributed by atoms with Gasteiger partial charge in [0.15, 0.2) is 0 Å². The summed E-state index contributed by atoms with van der Waals surface area (Å²) in [5, 5.41) is 3.18. The number of aryl methyl sites for hydroxylation is 2. The number of hydrogen-bond donors (Lipinski definition) is 1. The van der Waals surface area contributed by atoms with Crippen molar-refractivity contribution in [1.82, 2.24) is 4.98 Å². The summed E-state index contributed by atoms with van der Waals surface area (Å²) >= 11 is 3.29. The normalized spacial score (nSPS) is 9.77. The first-order valence-electron chi connectivity index (χ1n) is 4.10. The molecule has 0 aromatic carbocycles. The Morgan fingerprint density at radius 2 is 2.31 bits per heavy atom. The molecule has 0 fully saturated rings. The summed E-state index contributed by atoms with van der Waals surface area (Å²) in [4.78, 5) is 4.28. The highest BCUT2D eigenvalue weighted by atomic mass is 79.9. The molecule has 1 heterocycles. The number of hydrogen-bond acceptors (Lipinski definition) is 2. The van der Waals surface area contributed by atoms with E-state index in [-0.39, 0.29) is 0 Å². The molecule has 0 spiro atoms. The van der Waals surface area contributed by atoms with Crippen LogP contribution in [0.4, 0.5) is 5.82 Å². The number of pyridine rings is 1. The first kappa shape index (κ1) is 10.3. The Hall–Kier alpha value is -0.830. The van der Waals surface area contributed by atoms with E-state index in [0.717, 1.165) is 15.9 Å². The minimum Gasteiger partial charge on any atom is -0.365 e. The SMILES string of the molecule is C=C(Br)CNc1ncc(C)cc1C. The number of nitrogens with one attached hydrogen (secondary N) is 1. The largest absolute Gasteiger partial charge is 0.365 e. The number of nitrogens with zero attached hydrogens (tertiary/aromatic N) is 1. The zero-order chi connectivity index (χ0) is 9.84. The van der Waals surface area contributed by atoms with Crippen molar-refractivity contribution in [3.8, 4) is 0 Å². The van der Waals surface area contributed by atoms with E-state index in [1.165, 1.54) is 5.56 Å². The summed E-state index contributed by atoms with van der Waals surface area (Å²) in [6.45, 7) is 8.52. The van der Waals surface area contributed by atoms with E-state index in [0.29, 0.717) is 6.54 Å². The van der Waals surface area contributed by atoms with Gasteiger partial charge < -0.3 is 5.32 Å². The minimum atomic E-state index is 0.705. The first-order chi connectivity index (χ1) is 6.09. The zero-order valence-corrected chi connectivity index (χ0v) is 9.48. The fraction of sp³-hybridized carbons (Fsp3) is 0.300. The maximum Gasteiger partial charge on any atom is 0.129 e. The molecule has 0 saturated heterocycles. The number of anilines is 1. The van der Waals surface area contributed by atoms with Gasteiger partial charge in [-0.05, 0) is 25.0 Å². The van der Waals surface area contributed by atoms with Crippen LogP contribution in [0.15, 0.2) is 23.3 Å². The Balaban J connectivity index is 2.72. The van der Waals surface area contributed by atoms with Gasteiger partial charge in [-0.1, -0.05) is 28.6 Å². The van der Waals surface area contributed by atoms with E-state index in [1.807, 2.05) is 20.0 Å². The highest BCUT2D eigenvalue weighted by molar-refractivity contribution is 9.11. The molecule has 70 valence electrons. The first-order valence-corrected chi connectivity index (χ1v) is 4.89.